The van der Waals surface area contributed by atoms with Crippen molar-refractivity contribution in [1.82, 2.24) is 5.32 Å². The van der Waals surface area contributed by atoms with Crippen LogP contribution in [0.25, 0.3) is 0 Å². The number of aliphatic hydroxyl groups is 1. The van der Waals surface area contributed by atoms with Gasteiger partial charge in [0, 0.05) is 13.2 Å². The first-order chi connectivity index (χ1) is 7.77. The quantitative estimate of drug-likeness (QED) is 0.866. The minimum Gasteiger partial charge on any atom is -0.382 e. The van der Waals surface area contributed by atoms with Gasteiger partial charge in [0.15, 0.2) is 0 Å². The zero-order valence-electron chi connectivity index (χ0n) is 10.1. The summed E-state index contributed by atoms with van der Waals surface area (Å²) in [5, 5.41) is 14.0. The van der Waals surface area contributed by atoms with Gasteiger partial charge in [-0.25, -0.2) is 0 Å². The Morgan fingerprint density at radius 3 is 2.76 bits per heavy atom. The standard InChI is InChI=1S/C13H19NO2.ClH/c1-2-16-12-10-14-9-8-13(12,15)11-6-4-3-5-7-11;/h3-7,12,14-15H,2,8-10H2,1H3;1H/t12-,13-;/m1./s1. The highest BCUT2D eigenvalue weighted by molar-refractivity contribution is 5.85. The third kappa shape index (κ3) is 2.99. The van der Waals surface area contributed by atoms with Crippen molar-refractivity contribution in [1.29, 1.82) is 0 Å². The number of ether oxygens (including phenoxy) is 1. The van der Waals surface area contributed by atoms with Crippen molar-refractivity contribution in [3.8, 4) is 0 Å². The maximum Gasteiger partial charge on any atom is 0.118 e. The predicted molar refractivity (Wildman–Crippen MR) is 70.5 cm³/mol. The molecule has 1 aliphatic rings. The number of nitrogens with one attached hydrogen (secondary N) is 1. The average Bonchev–Trinajstić information content (AvgIpc) is 2.34. The highest BCUT2D eigenvalue weighted by atomic mass is 35.5. The molecule has 2 N–H and O–H groups in total. The third-order valence-corrected chi connectivity index (χ3v) is 3.19. The van der Waals surface area contributed by atoms with Crippen LogP contribution in [0, 0.1) is 0 Å². The monoisotopic (exact) mass is 257 g/mol. The molecule has 0 saturated carbocycles. The van der Waals surface area contributed by atoms with Gasteiger partial charge in [0.05, 0.1) is 0 Å². The second kappa shape index (κ2) is 6.36. The van der Waals surface area contributed by atoms with Crippen LogP contribution in [-0.2, 0) is 10.3 Å². The lowest BCUT2D eigenvalue weighted by Gasteiger charge is -2.40. The molecule has 96 valence electrons. The second-order valence-electron chi connectivity index (χ2n) is 4.19. The average molecular weight is 258 g/mol. The minimum atomic E-state index is -0.845. The molecule has 1 aromatic rings. The molecule has 0 amide bonds. The van der Waals surface area contributed by atoms with E-state index >= 15 is 0 Å². The van der Waals surface area contributed by atoms with Crippen molar-refractivity contribution in [2.24, 2.45) is 0 Å². The molecule has 17 heavy (non-hydrogen) atoms. The van der Waals surface area contributed by atoms with Gasteiger partial charge in [0.25, 0.3) is 0 Å². The molecule has 0 bridgehead atoms. The molecule has 2 rings (SSSR count). The first-order valence-electron chi connectivity index (χ1n) is 5.87. The molecule has 0 radical (unpaired) electrons. The summed E-state index contributed by atoms with van der Waals surface area (Å²) < 4.78 is 5.64. The maximum atomic E-state index is 10.8. The molecule has 4 heteroatoms. The number of halogens is 1. The molecule has 2 atom stereocenters. The Bertz CT molecular complexity index is 331. The van der Waals surface area contributed by atoms with E-state index in [1.54, 1.807) is 0 Å². The van der Waals surface area contributed by atoms with E-state index in [2.05, 4.69) is 5.32 Å². The van der Waals surface area contributed by atoms with Gasteiger partial charge >= 0.3 is 0 Å². The predicted octanol–water partition coefficient (Wildman–Crippen LogP) is 1.69. The Balaban J connectivity index is 0.00000144. The van der Waals surface area contributed by atoms with Gasteiger partial charge in [-0.05, 0) is 25.5 Å². The largest absolute Gasteiger partial charge is 0.382 e. The lowest BCUT2D eigenvalue weighted by Crippen LogP contribution is -2.53. The Morgan fingerprint density at radius 1 is 1.41 bits per heavy atom. The lowest BCUT2D eigenvalue weighted by atomic mass is 9.83. The summed E-state index contributed by atoms with van der Waals surface area (Å²) in [6, 6.07) is 9.81. The van der Waals surface area contributed by atoms with E-state index in [4.69, 9.17) is 4.74 Å². The molecule has 0 aliphatic carbocycles. The number of rotatable bonds is 3. The van der Waals surface area contributed by atoms with Gasteiger partial charge < -0.3 is 15.2 Å². The van der Waals surface area contributed by atoms with E-state index in [1.165, 1.54) is 0 Å². The van der Waals surface area contributed by atoms with Crippen LogP contribution in [0.5, 0.6) is 0 Å². The molecule has 1 aliphatic heterocycles. The fraction of sp³-hybridized carbons (Fsp3) is 0.538. The van der Waals surface area contributed by atoms with Crippen LogP contribution in [0.2, 0.25) is 0 Å². The van der Waals surface area contributed by atoms with E-state index < -0.39 is 5.60 Å². The zero-order valence-corrected chi connectivity index (χ0v) is 10.9. The fourth-order valence-electron chi connectivity index (χ4n) is 2.30. The van der Waals surface area contributed by atoms with Crippen molar-refractivity contribution in [3.05, 3.63) is 35.9 Å². The second-order valence-corrected chi connectivity index (χ2v) is 4.19. The molecule has 1 saturated heterocycles. The third-order valence-electron chi connectivity index (χ3n) is 3.19. The van der Waals surface area contributed by atoms with Crippen molar-refractivity contribution in [2.75, 3.05) is 19.7 Å². The van der Waals surface area contributed by atoms with Crippen molar-refractivity contribution in [2.45, 2.75) is 25.0 Å². The molecule has 0 spiro atoms. The summed E-state index contributed by atoms with van der Waals surface area (Å²) >= 11 is 0. The zero-order chi connectivity index (χ0) is 11.4. The normalized spacial score (nSPS) is 28.5. The van der Waals surface area contributed by atoms with Crippen LogP contribution in [0.1, 0.15) is 18.9 Å². The molecular weight excluding hydrogens is 238 g/mol. The molecule has 0 aromatic heterocycles. The number of benzene rings is 1. The number of piperidine rings is 1. The summed E-state index contributed by atoms with van der Waals surface area (Å²) in [6.45, 7) is 4.12. The van der Waals surface area contributed by atoms with Crippen LogP contribution in [0.3, 0.4) is 0 Å². The molecule has 0 unspecified atom stereocenters. The van der Waals surface area contributed by atoms with Crippen LogP contribution in [-0.4, -0.2) is 30.9 Å². The van der Waals surface area contributed by atoms with Gasteiger partial charge in [0.2, 0.25) is 0 Å². The molecular formula is C13H20ClNO2. The Labute approximate surface area is 109 Å². The van der Waals surface area contributed by atoms with Crippen LogP contribution in [0.4, 0.5) is 0 Å². The minimum absolute atomic E-state index is 0. The first-order valence-corrected chi connectivity index (χ1v) is 5.87. The van der Waals surface area contributed by atoms with E-state index in [9.17, 15) is 5.11 Å². The van der Waals surface area contributed by atoms with Crippen LogP contribution >= 0.6 is 12.4 Å². The lowest BCUT2D eigenvalue weighted by molar-refractivity contribution is -0.126. The van der Waals surface area contributed by atoms with Gasteiger partial charge in [0.1, 0.15) is 11.7 Å². The summed E-state index contributed by atoms with van der Waals surface area (Å²) in [5.41, 5.74) is 0.109. The molecule has 3 nitrogen and oxygen atoms in total. The Morgan fingerprint density at radius 2 is 2.12 bits per heavy atom. The summed E-state index contributed by atoms with van der Waals surface area (Å²) in [7, 11) is 0. The number of hydrogen-bond donors (Lipinski definition) is 2. The van der Waals surface area contributed by atoms with Crippen molar-refractivity contribution in [3.63, 3.8) is 0 Å². The Hall–Kier alpha value is -0.610. The van der Waals surface area contributed by atoms with E-state index in [1.807, 2.05) is 37.3 Å². The highest BCUT2D eigenvalue weighted by Crippen LogP contribution is 2.32. The van der Waals surface area contributed by atoms with Gasteiger partial charge in [-0.3, -0.25) is 0 Å². The smallest absolute Gasteiger partial charge is 0.118 e. The van der Waals surface area contributed by atoms with Gasteiger partial charge in [-0.2, -0.15) is 0 Å². The van der Waals surface area contributed by atoms with E-state index in [-0.39, 0.29) is 18.5 Å². The molecule has 1 fully saturated rings. The Kier molecular flexibility index (Phi) is 5.40. The van der Waals surface area contributed by atoms with Crippen LogP contribution < -0.4 is 5.32 Å². The van der Waals surface area contributed by atoms with E-state index in [0.717, 1.165) is 12.1 Å². The van der Waals surface area contributed by atoms with Crippen molar-refractivity contribution < 1.29 is 9.84 Å². The van der Waals surface area contributed by atoms with Crippen LogP contribution in [0.15, 0.2) is 30.3 Å². The van der Waals surface area contributed by atoms with Gasteiger partial charge in [-0.15, -0.1) is 12.4 Å². The fourth-order valence-corrected chi connectivity index (χ4v) is 2.30. The highest BCUT2D eigenvalue weighted by Gasteiger charge is 2.40. The SMILES string of the molecule is CCO[C@@H]1CNCC[C@@]1(O)c1ccccc1.Cl. The topological polar surface area (TPSA) is 41.5 Å². The summed E-state index contributed by atoms with van der Waals surface area (Å²) in [6.07, 6.45) is 0.537. The van der Waals surface area contributed by atoms with Crippen molar-refractivity contribution >= 4 is 12.4 Å². The number of hydrogen-bond acceptors (Lipinski definition) is 3. The van der Waals surface area contributed by atoms with Gasteiger partial charge in [-0.1, -0.05) is 30.3 Å². The maximum absolute atomic E-state index is 10.8. The summed E-state index contributed by atoms with van der Waals surface area (Å²) in [4.78, 5) is 0. The summed E-state index contributed by atoms with van der Waals surface area (Å²) in [5.74, 6) is 0. The molecule has 1 aromatic carbocycles. The first kappa shape index (κ1) is 14.5. The van der Waals surface area contributed by atoms with E-state index in [0.29, 0.717) is 19.6 Å². The molecule has 1 heterocycles.